The molecule has 1 fully saturated rings. The number of carbonyl (C=O) groups excluding carboxylic acids is 2. The van der Waals surface area contributed by atoms with Crippen molar-refractivity contribution in [1.82, 2.24) is 9.29 Å². The number of sulfonamides is 1. The zero-order chi connectivity index (χ0) is 18.4. The lowest BCUT2D eigenvalue weighted by molar-refractivity contribution is -0.120. The normalized spacial score (nSPS) is 24.0. The van der Waals surface area contributed by atoms with Crippen LogP contribution in [-0.2, 0) is 21.2 Å². The van der Waals surface area contributed by atoms with E-state index in [1.165, 1.54) is 15.6 Å². The predicted octanol–water partition coefficient (Wildman–Crippen LogP) is 2.05. The van der Waals surface area contributed by atoms with Crippen LogP contribution in [0, 0.1) is 5.41 Å². The molecule has 1 unspecified atom stereocenters. The van der Waals surface area contributed by atoms with Gasteiger partial charge in [0.15, 0.2) is 10.9 Å². The first-order valence-corrected chi connectivity index (χ1v) is 11.0. The van der Waals surface area contributed by atoms with Crippen LogP contribution in [-0.4, -0.2) is 48.2 Å². The molecule has 3 rings (SSSR count). The van der Waals surface area contributed by atoms with Crippen molar-refractivity contribution in [3.63, 3.8) is 0 Å². The minimum atomic E-state index is -3.44. The van der Waals surface area contributed by atoms with E-state index in [1.807, 2.05) is 13.8 Å². The van der Waals surface area contributed by atoms with Gasteiger partial charge in [0.1, 0.15) is 6.04 Å². The highest BCUT2D eigenvalue weighted by Gasteiger charge is 2.37. The maximum absolute atomic E-state index is 12.6. The Hall–Kier alpha value is -1.32. The highest BCUT2D eigenvalue weighted by molar-refractivity contribution is 7.88. The zero-order valence-electron chi connectivity index (χ0n) is 14.7. The molecule has 9 heteroatoms. The van der Waals surface area contributed by atoms with Gasteiger partial charge in [-0.3, -0.25) is 9.59 Å². The van der Waals surface area contributed by atoms with Gasteiger partial charge in [0.05, 0.1) is 16.8 Å². The fourth-order valence-corrected chi connectivity index (χ4v) is 5.57. The maximum atomic E-state index is 12.6. The number of thiazole rings is 1. The summed E-state index contributed by atoms with van der Waals surface area (Å²) in [5.74, 6) is -0.317. The molecule has 1 atom stereocenters. The molecule has 1 aliphatic carbocycles. The van der Waals surface area contributed by atoms with Gasteiger partial charge in [0.2, 0.25) is 15.9 Å². The van der Waals surface area contributed by atoms with Crippen molar-refractivity contribution in [3.05, 3.63) is 10.6 Å². The van der Waals surface area contributed by atoms with Gasteiger partial charge in [-0.1, -0.05) is 31.6 Å². The summed E-state index contributed by atoms with van der Waals surface area (Å²) < 4.78 is 25.1. The Bertz CT molecular complexity index is 813. The average molecular weight is 386 g/mol. The van der Waals surface area contributed by atoms with Crippen LogP contribution in [0.15, 0.2) is 0 Å². The number of fused-ring (bicyclic) bond motifs is 1. The molecule has 2 aliphatic rings. The minimum absolute atomic E-state index is 0.0553. The number of hydrogen-bond donors (Lipinski definition) is 1. The number of aromatic nitrogens is 1. The first-order chi connectivity index (χ1) is 11.6. The van der Waals surface area contributed by atoms with E-state index in [-0.39, 0.29) is 17.1 Å². The molecule has 138 valence electrons. The lowest BCUT2D eigenvalue weighted by Crippen LogP contribution is -2.49. The number of hydrogen-bond acceptors (Lipinski definition) is 6. The molecule has 1 N–H and O–H groups in total. The third-order valence-electron chi connectivity index (χ3n) is 4.65. The zero-order valence-corrected chi connectivity index (χ0v) is 16.3. The van der Waals surface area contributed by atoms with Crippen molar-refractivity contribution in [3.8, 4) is 0 Å². The smallest absolute Gasteiger partial charge is 0.244 e. The van der Waals surface area contributed by atoms with Crippen LogP contribution in [0.25, 0.3) is 0 Å². The van der Waals surface area contributed by atoms with Crippen molar-refractivity contribution in [2.45, 2.75) is 52.0 Å². The van der Waals surface area contributed by atoms with Gasteiger partial charge in [0, 0.05) is 13.0 Å². The highest BCUT2D eigenvalue weighted by Crippen LogP contribution is 2.38. The standard InChI is InChI=1S/C16H23N3O4S2/c1-16(2)8-10-13(12(20)9-16)24-15(17-10)18-14(21)11-6-4-5-7-19(11)25(3,22)23/h11H,4-9H2,1-3H3,(H,17,18,21). The number of nitrogens with one attached hydrogen (secondary N) is 1. The summed E-state index contributed by atoms with van der Waals surface area (Å²) in [6.07, 6.45) is 4.36. The Balaban J connectivity index is 1.79. The maximum Gasteiger partial charge on any atom is 0.244 e. The second-order valence-corrected chi connectivity index (χ2v) is 10.5. The van der Waals surface area contributed by atoms with Gasteiger partial charge in [-0.2, -0.15) is 4.31 Å². The van der Waals surface area contributed by atoms with Gasteiger partial charge in [-0.25, -0.2) is 13.4 Å². The van der Waals surface area contributed by atoms with Crippen molar-refractivity contribution in [2.24, 2.45) is 5.41 Å². The lowest BCUT2D eigenvalue weighted by Gasteiger charge is -2.32. The molecule has 0 bridgehead atoms. The van der Waals surface area contributed by atoms with Gasteiger partial charge >= 0.3 is 0 Å². The van der Waals surface area contributed by atoms with E-state index >= 15 is 0 Å². The summed E-state index contributed by atoms with van der Waals surface area (Å²) in [5.41, 5.74) is 0.598. The molecule has 1 aromatic rings. The molecule has 0 saturated carbocycles. The lowest BCUT2D eigenvalue weighted by atomic mass is 9.78. The van der Waals surface area contributed by atoms with Crippen molar-refractivity contribution < 1.29 is 18.0 Å². The summed E-state index contributed by atoms with van der Waals surface area (Å²) in [4.78, 5) is 29.9. The molecule has 25 heavy (non-hydrogen) atoms. The van der Waals surface area contributed by atoms with E-state index in [0.717, 1.165) is 24.8 Å². The quantitative estimate of drug-likeness (QED) is 0.859. The topological polar surface area (TPSA) is 96.4 Å². The second-order valence-electron chi connectivity index (χ2n) is 7.61. The number of anilines is 1. The van der Waals surface area contributed by atoms with Crippen LogP contribution in [0.1, 0.15) is 54.9 Å². The summed E-state index contributed by atoms with van der Waals surface area (Å²) in [5, 5.41) is 3.10. The Morgan fingerprint density at radius 3 is 2.72 bits per heavy atom. The Kier molecular flexibility index (Phi) is 4.76. The summed E-state index contributed by atoms with van der Waals surface area (Å²) in [7, 11) is -3.44. The van der Waals surface area contributed by atoms with Crippen molar-refractivity contribution in [1.29, 1.82) is 0 Å². The number of Topliss-reactive ketones (excluding diaryl/α,β-unsaturated/α-hetero) is 1. The molecule has 7 nitrogen and oxygen atoms in total. The van der Waals surface area contributed by atoms with Crippen LogP contribution in [0.2, 0.25) is 0 Å². The van der Waals surface area contributed by atoms with Gasteiger partial charge in [-0.05, 0) is 24.7 Å². The van der Waals surface area contributed by atoms with Crippen LogP contribution in [0.5, 0.6) is 0 Å². The molecular formula is C16H23N3O4S2. The number of ketones is 1. The van der Waals surface area contributed by atoms with Crippen LogP contribution >= 0.6 is 11.3 Å². The van der Waals surface area contributed by atoms with E-state index in [4.69, 9.17) is 0 Å². The Morgan fingerprint density at radius 2 is 2.04 bits per heavy atom. The fraction of sp³-hybridized carbons (Fsp3) is 0.688. The molecule has 2 heterocycles. The molecule has 1 aliphatic heterocycles. The third-order valence-corrected chi connectivity index (χ3v) is 6.99. The van der Waals surface area contributed by atoms with Crippen molar-refractivity contribution >= 4 is 38.2 Å². The number of carbonyl (C=O) groups is 2. The first-order valence-electron chi connectivity index (χ1n) is 8.37. The Morgan fingerprint density at radius 1 is 1.32 bits per heavy atom. The van der Waals surface area contributed by atoms with E-state index < -0.39 is 16.1 Å². The largest absolute Gasteiger partial charge is 0.301 e. The van der Waals surface area contributed by atoms with Crippen LogP contribution in [0.3, 0.4) is 0 Å². The van der Waals surface area contributed by atoms with E-state index in [9.17, 15) is 18.0 Å². The molecule has 0 radical (unpaired) electrons. The van der Waals surface area contributed by atoms with Gasteiger partial charge in [-0.15, -0.1) is 0 Å². The summed E-state index contributed by atoms with van der Waals surface area (Å²) in [6.45, 7) is 4.41. The molecule has 0 spiro atoms. The average Bonchev–Trinajstić information content (AvgIpc) is 2.87. The van der Waals surface area contributed by atoms with Crippen LogP contribution < -0.4 is 5.32 Å². The first kappa shape index (κ1) is 18.5. The summed E-state index contributed by atoms with van der Waals surface area (Å²) >= 11 is 1.18. The fourth-order valence-electron chi connectivity index (χ4n) is 3.53. The monoisotopic (exact) mass is 385 g/mol. The molecule has 1 saturated heterocycles. The molecule has 1 aromatic heterocycles. The van der Waals surface area contributed by atoms with Crippen molar-refractivity contribution in [2.75, 3.05) is 18.1 Å². The SMILES string of the molecule is CC1(C)CC(=O)c2sc(NC(=O)C3CCCCN3S(C)(=O)=O)nc2C1. The predicted molar refractivity (Wildman–Crippen MR) is 96.4 cm³/mol. The number of rotatable bonds is 3. The van der Waals surface area contributed by atoms with Gasteiger partial charge in [0.25, 0.3) is 0 Å². The van der Waals surface area contributed by atoms with Crippen LogP contribution in [0.4, 0.5) is 5.13 Å². The number of nitrogens with zero attached hydrogens (tertiary/aromatic N) is 2. The molecule has 1 amide bonds. The van der Waals surface area contributed by atoms with Gasteiger partial charge < -0.3 is 5.32 Å². The number of piperidine rings is 1. The van der Waals surface area contributed by atoms with E-state index in [0.29, 0.717) is 35.8 Å². The highest BCUT2D eigenvalue weighted by atomic mass is 32.2. The summed E-state index contributed by atoms with van der Waals surface area (Å²) in [6, 6.07) is -0.711. The third kappa shape index (κ3) is 3.93. The minimum Gasteiger partial charge on any atom is -0.301 e. The number of amides is 1. The molecule has 0 aromatic carbocycles. The molecular weight excluding hydrogens is 362 g/mol. The van der Waals surface area contributed by atoms with E-state index in [1.54, 1.807) is 0 Å². The Labute approximate surface area is 151 Å². The van der Waals surface area contributed by atoms with E-state index in [2.05, 4.69) is 10.3 Å². The second kappa shape index (κ2) is 6.44.